The summed E-state index contributed by atoms with van der Waals surface area (Å²) >= 11 is 0. The molecule has 0 aromatic carbocycles. The monoisotopic (exact) mass is 371 g/mol. The van der Waals surface area contributed by atoms with E-state index < -0.39 is 53.0 Å². The van der Waals surface area contributed by atoms with E-state index in [-0.39, 0.29) is 13.2 Å². The summed E-state index contributed by atoms with van der Waals surface area (Å²) in [6, 6.07) is -1.25. The number of β-lactam (4-membered cyclic amide) rings is 1. The summed E-state index contributed by atoms with van der Waals surface area (Å²) in [6.07, 6.45) is 0. The van der Waals surface area contributed by atoms with Crippen LogP contribution in [0.15, 0.2) is 0 Å². The second kappa shape index (κ2) is 8.29. The molecule has 0 aromatic rings. The molecule has 1 aliphatic rings. The molecule has 146 valence electrons. The maximum absolute atomic E-state index is 12.8. The lowest BCUT2D eigenvalue weighted by atomic mass is 9.68. The molecule has 0 N–H and O–H groups in total. The van der Waals surface area contributed by atoms with Crippen LogP contribution in [0.2, 0.25) is 0 Å². The summed E-state index contributed by atoms with van der Waals surface area (Å²) in [5.74, 6) is -6.63. The first-order valence-corrected chi connectivity index (χ1v) is 8.38. The van der Waals surface area contributed by atoms with Gasteiger partial charge in [0.25, 0.3) is 5.54 Å². The molecular formula is C17H25NO8. The van der Waals surface area contributed by atoms with Crippen LogP contribution in [0, 0.1) is 11.8 Å². The van der Waals surface area contributed by atoms with Crippen molar-refractivity contribution in [1.82, 2.24) is 4.90 Å². The molecule has 26 heavy (non-hydrogen) atoms. The van der Waals surface area contributed by atoms with Crippen LogP contribution in [0.3, 0.4) is 0 Å². The lowest BCUT2D eigenvalue weighted by Gasteiger charge is -2.54. The molecule has 2 atom stereocenters. The van der Waals surface area contributed by atoms with E-state index >= 15 is 0 Å². The van der Waals surface area contributed by atoms with Gasteiger partial charge in [-0.3, -0.25) is 9.59 Å². The number of amides is 1. The lowest BCUT2D eigenvalue weighted by Crippen LogP contribution is -2.83. The number of hydrogen-bond acceptors (Lipinski definition) is 8. The Morgan fingerprint density at radius 2 is 1.54 bits per heavy atom. The summed E-state index contributed by atoms with van der Waals surface area (Å²) in [5.41, 5.74) is -2.34. The predicted molar refractivity (Wildman–Crippen MR) is 87.7 cm³/mol. The Labute approximate surface area is 151 Å². The van der Waals surface area contributed by atoms with Crippen molar-refractivity contribution >= 4 is 29.6 Å². The summed E-state index contributed by atoms with van der Waals surface area (Å²) in [7, 11) is 1.13. The van der Waals surface area contributed by atoms with Crippen LogP contribution >= 0.6 is 0 Å². The Morgan fingerprint density at radius 3 is 1.85 bits per heavy atom. The minimum Gasteiger partial charge on any atom is -0.467 e. The molecule has 1 heterocycles. The number of methoxy groups -OCH3 is 1. The van der Waals surface area contributed by atoms with Crippen LogP contribution in [-0.4, -0.2) is 66.4 Å². The molecule has 1 fully saturated rings. The van der Waals surface area contributed by atoms with Gasteiger partial charge in [0.05, 0.1) is 20.3 Å². The minimum atomic E-state index is -2.34. The molecule has 0 radical (unpaired) electrons. The Morgan fingerprint density at radius 1 is 1.08 bits per heavy atom. The van der Waals surface area contributed by atoms with Gasteiger partial charge in [0.1, 0.15) is 17.7 Å². The number of likely N-dealkylation sites (tertiary alicyclic amines) is 1. The van der Waals surface area contributed by atoms with Crippen molar-refractivity contribution in [3.05, 3.63) is 0 Å². The topological polar surface area (TPSA) is 116 Å². The fraction of sp³-hybridized carbons (Fsp3) is 0.706. The zero-order chi connectivity index (χ0) is 20.2. The van der Waals surface area contributed by atoms with Crippen molar-refractivity contribution < 1.29 is 38.2 Å². The fourth-order valence-corrected chi connectivity index (χ4v) is 3.18. The standard InChI is InChI=1S/C17H25NO8/c1-7-25-15(22)17(16(23)26-8-2)11(10(5)19)13(20)18(17)12(9(3)4)14(21)24-6/h9,11-12H,7-8H2,1-6H3/t11-,12-/m1/s1. The molecular weight excluding hydrogens is 346 g/mol. The first-order valence-electron chi connectivity index (χ1n) is 8.38. The van der Waals surface area contributed by atoms with Gasteiger partial charge in [-0.25, -0.2) is 14.4 Å². The maximum atomic E-state index is 12.8. The van der Waals surface area contributed by atoms with E-state index in [1.807, 2.05) is 0 Å². The summed E-state index contributed by atoms with van der Waals surface area (Å²) < 4.78 is 14.7. The quantitative estimate of drug-likeness (QED) is 0.255. The number of rotatable bonds is 8. The SMILES string of the molecule is CCOC(=O)C1(C(=O)OCC)[C@H](C(C)=O)C(=O)N1[C@@H](C(=O)OC)C(C)C. The second-order valence-corrected chi connectivity index (χ2v) is 6.17. The van der Waals surface area contributed by atoms with E-state index in [1.165, 1.54) is 13.8 Å². The van der Waals surface area contributed by atoms with Gasteiger partial charge in [-0.05, 0) is 26.7 Å². The smallest absolute Gasteiger partial charge is 0.345 e. The normalized spacial score (nSPS) is 19.4. The lowest BCUT2D eigenvalue weighted by molar-refractivity contribution is -0.211. The van der Waals surface area contributed by atoms with Crippen LogP contribution < -0.4 is 0 Å². The van der Waals surface area contributed by atoms with Gasteiger partial charge >= 0.3 is 17.9 Å². The highest BCUT2D eigenvalue weighted by atomic mass is 16.6. The van der Waals surface area contributed by atoms with E-state index in [1.54, 1.807) is 13.8 Å². The van der Waals surface area contributed by atoms with Crippen molar-refractivity contribution in [3.8, 4) is 0 Å². The van der Waals surface area contributed by atoms with Crippen LogP contribution in [0.25, 0.3) is 0 Å². The van der Waals surface area contributed by atoms with E-state index in [9.17, 15) is 24.0 Å². The molecule has 0 spiro atoms. The van der Waals surface area contributed by atoms with Gasteiger partial charge in [0.2, 0.25) is 5.91 Å². The molecule has 0 aromatic heterocycles. The zero-order valence-corrected chi connectivity index (χ0v) is 15.9. The number of esters is 3. The average Bonchev–Trinajstić information content (AvgIpc) is 2.55. The van der Waals surface area contributed by atoms with Crippen LogP contribution in [0.5, 0.6) is 0 Å². The molecule has 0 bridgehead atoms. The third-order valence-electron chi connectivity index (χ3n) is 4.21. The summed E-state index contributed by atoms with van der Waals surface area (Å²) in [5, 5.41) is 0. The van der Waals surface area contributed by atoms with Gasteiger partial charge in [-0.1, -0.05) is 13.8 Å². The maximum Gasteiger partial charge on any atom is 0.345 e. The molecule has 1 saturated heterocycles. The number of hydrogen-bond donors (Lipinski definition) is 0. The third kappa shape index (κ3) is 3.17. The average molecular weight is 371 g/mol. The molecule has 0 aliphatic carbocycles. The van der Waals surface area contributed by atoms with Crippen molar-refractivity contribution in [3.63, 3.8) is 0 Å². The van der Waals surface area contributed by atoms with Crippen molar-refractivity contribution in [1.29, 1.82) is 0 Å². The van der Waals surface area contributed by atoms with Crippen LogP contribution in [-0.2, 0) is 38.2 Å². The van der Waals surface area contributed by atoms with Crippen molar-refractivity contribution in [2.45, 2.75) is 46.2 Å². The second-order valence-electron chi connectivity index (χ2n) is 6.17. The molecule has 0 saturated carbocycles. The predicted octanol–water partition coefficient (Wildman–Crippen LogP) is 0.0964. The van der Waals surface area contributed by atoms with Crippen LogP contribution in [0.1, 0.15) is 34.6 Å². The van der Waals surface area contributed by atoms with E-state index in [2.05, 4.69) is 0 Å². The molecule has 9 nitrogen and oxygen atoms in total. The van der Waals surface area contributed by atoms with E-state index in [0.29, 0.717) is 0 Å². The Balaban J connectivity index is 3.65. The summed E-state index contributed by atoms with van der Waals surface area (Å²) in [4.78, 5) is 63.3. The molecule has 1 rings (SSSR count). The van der Waals surface area contributed by atoms with E-state index in [0.717, 1.165) is 18.9 Å². The molecule has 1 aliphatic heterocycles. The Bertz CT molecular complexity index is 594. The number of ether oxygens (including phenoxy) is 3. The molecule has 9 heteroatoms. The Kier molecular flexibility index (Phi) is 6.88. The van der Waals surface area contributed by atoms with Gasteiger partial charge < -0.3 is 19.1 Å². The number of carbonyl (C=O) groups is 5. The van der Waals surface area contributed by atoms with Gasteiger partial charge in [0.15, 0.2) is 0 Å². The van der Waals surface area contributed by atoms with Gasteiger partial charge in [0, 0.05) is 0 Å². The molecule has 0 unspecified atom stereocenters. The van der Waals surface area contributed by atoms with E-state index in [4.69, 9.17) is 14.2 Å². The van der Waals surface area contributed by atoms with Crippen molar-refractivity contribution in [2.75, 3.05) is 20.3 Å². The minimum absolute atomic E-state index is 0.0861. The number of nitrogens with zero attached hydrogens (tertiary/aromatic N) is 1. The van der Waals surface area contributed by atoms with Crippen molar-refractivity contribution in [2.24, 2.45) is 11.8 Å². The Hall–Kier alpha value is -2.45. The van der Waals surface area contributed by atoms with Gasteiger partial charge in [-0.2, -0.15) is 0 Å². The highest BCUT2D eigenvalue weighted by molar-refractivity contribution is 6.25. The number of carbonyl (C=O) groups excluding carboxylic acids is 5. The fourth-order valence-electron chi connectivity index (χ4n) is 3.18. The highest BCUT2D eigenvalue weighted by Crippen LogP contribution is 2.44. The number of Topliss-reactive ketones (excluding diaryl/α,β-unsaturated/α-hetero) is 1. The number of ketones is 1. The third-order valence-corrected chi connectivity index (χ3v) is 4.21. The van der Waals surface area contributed by atoms with Gasteiger partial charge in [-0.15, -0.1) is 0 Å². The summed E-state index contributed by atoms with van der Waals surface area (Å²) in [6.45, 7) is 7.20. The zero-order valence-electron chi connectivity index (χ0n) is 15.9. The molecule has 1 amide bonds. The first-order chi connectivity index (χ1) is 12.1. The highest BCUT2D eigenvalue weighted by Gasteiger charge is 2.76. The largest absolute Gasteiger partial charge is 0.467 e. The first kappa shape index (κ1) is 21.6. The van der Waals surface area contributed by atoms with Crippen LogP contribution in [0.4, 0.5) is 0 Å².